The molecule has 3 nitrogen and oxygen atoms in total. The van der Waals surface area contributed by atoms with Gasteiger partial charge in [-0.15, -0.1) is 11.3 Å². The van der Waals surface area contributed by atoms with Gasteiger partial charge >= 0.3 is 0 Å². The smallest absolute Gasteiger partial charge is 0.264 e. The van der Waals surface area contributed by atoms with E-state index in [4.69, 9.17) is 0 Å². The van der Waals surface area contributed by atoms with Crippen LogP contribution in [0.5, 0.6) is 0 Å². The standard InChI is InChI=1S/C14H16N2OS/c1-10-8-13(18-11(10)2)14(17)16(3)9-12-6-4-5-7-15-12/h4-8H,9H2,1-3H3. The van der Waals surface area contributed by atoms with Crippen LogP contribution in [0, 0.1) is 13.8 Å². The molecule has 94 valence electrons. The van der Waals surface area contributed by atoms with E-state index in [1.54, 1.807) is 29.5 Å². The predicted molar refractivity (Wildman–Crippen MR) is 73.8 cm³/mol. The molecule has 0 atom stereocenters. The van der Waals surface area contributed by atoms with E-state index in [1.165, 1.54) is 10.4 Å². The number of aryl methyl sites for hydroxylation is 2. The molecule has 4 heteroatoms. The predicted octanol–water partition coefficient (Wildman–Crippen LogP) is 3.03. The molecule has 1 amide bonds. The maximum atomic E-state index is 12.2. The lowest BCUT2D eigenvalue weighted by Crippen LogP contribution is -2.25. The molecule has 2 rings (SSSR count). The molecule has 18 heavy (non-hydrogen) atoms. The second-order valence-electron chi connectivity index (χ2n) is 4.33. The van der Waals surface area contributed by atoms with Gasteiger partial charge in [0, 0.05) is 18.1 Å². The molecular formula is C14H16N2OS. The molecule has 0 spiro atoms. The lowest BCUT2D eigenvalue weighted by molar-refractivity contribution is 0.0788. The highest BCUT2D eigenvalue weighted by Crippen LogP contribution is 2.22. The van der Waals surface area contributed by atoms with Crippen LogP contribution in [0.15, 0.2) is 30.5 Å². The van der Waals surface area contributed by atoms with Gasteiger partial charge in [-0.2, -0.15) is 0 Å². The van der Waals surface area contributed by atoms with Crippen molar-refractivity contribution in [2.24, 2.45) is 0 Å². The number of thiophene rings is 1. The Morgan fingerprint density at radius 3 is 2.72 bits per heavy atom. The molecule has 2 heterocycles. The van der Waals surface area contributed by atoms with Crippen molar-refractivity contribution in [3.63, 3.8) is 0 Å². The van der Waals surface area contributed by atoms with Gasteiger partial charge in [0.15, 0.2) is 0 Å². The Balaban J connectivity index is 2.09. The Morgan fingerprint density at radius 1 is 1.39 bits per heavy atom. The molecule has 0 N–H and O–H groups in total. The van der Waals surface area contributed by atoms with Crippen molar-refractivity contribution in [3.05, 3.63) is 51.5 Å². The molecule has 2 aromatic heterocycles. The number of pyridine rings is 1. The molecule has 0 aromatic carbocycles. The summed E-state index contributed by atoms with van der Waals surface area (Å²) in [4.78, 5) is 20.1. The number of aromatic nitrogens is 1. The second kappa shape index (κ2) is 5.31. The first-order chi connectivity index (χ1) is 8.58. The van der Waals surface area contributed by atoms with Crippen molar-refractivity contribution in [2.45, 2.75) is 20.4 Å². The summed E-state index contributed by atoms with van der Waals surface area (Å²) in [5.74, 6) is 0.0573. The summed E-state index contributed by atoms with van der Waals surface area (Å²) in [6.45, 7) is 4.60. The fourth-order valence-corrected chi connectivity index (χ4v) is 2.70. The van der Waals surface area contributed by atoms with Crippen molar-refractivity contribution < 1.29 is 4.79 Å². The van der Waals surface area contributed by atoms with Crippen molar-refractivity contribution in [1.82, 2.24) is 9.88 Å². The molecule has 0 aliphatic heterocycles. The minimum absolute atomic E-state index is 0.0573. The number of nitrogens with zero attached hydrogens (tertiary/aromatic N) is 2. The SMILES string of the molecule is Cc1cc(C(=O)N(C)Cc2ccccn2)sc1C. The zero-order valence-corrected chi connectivity index (χ0v) is 11.6. The van der Waals surface area contributed by atoms with Crippen LogP contribution in [0.25, 0.3) is 0 Å². The molecule has 0 aliphatic carbocycles. The Kier molecular flexibility index (Phi) is 3.77. The molecule has 0 saturated carbocycles. The third-order valence-corrected chi connectivity index (χ3v) is 3.99. The first kappa shape index (κ1) is 12.8. The average Bonchev–Trinajstić information content (AvgIpc) is 2.70. The highest BCUT2D eigenvalue weighted by molar-refractivity contribution is 7.14. The minimum Gasteiger partial charge on any atom is -0.335 e. The van der Waals surface area contributed by atoms with Gasteiger partial charge in [-0.1, -0.05) is 6.07 Å². The molecular weight excluding hydrogens is 244 g/mol. The van der Waals surface area contributed by atoms with E-state index < -0.39 is 0 Å². The van der Waals surface area contributed by atoms with Crippen LogP contribution in [0.2, 0.25) is 0 Å². The molecule has 0 saturated heterocycles. The Labute approximate surface area is 111 Å². The van der Waals surface area contributed by atoms with Gasteiger partial charge in [0.2, 0.25) is 0 Å². The summed E-state index contributed by atoms with van der Waals surface area (Å²) < 4.78 is 0. The van der Waals surface area contributed by atoms with Crippen LogP contribution >= 0.6 is 11.3 Å². The highest BCUT2D eigenvalue weighted by atomic mass is 32.1. The summed E-state index contributed by atoms with van der Waals surface area (Å²) in [6.07, 6.45) is 1.74. The average molecular weight is 260 g/mol. The van der Waals surface area contributed by atoms with Gasteiger partial charge in [-0.05, 0) is 37.6 Å². The fraction of sp³-hybridized carbons (Fsp3) is 0.286. The second-order valence-corrected chi connectivity index (χ2v) is 5.59. The molecule has 0 radical (unpaired) electrons. The Hall–Kier alpha value is -1.68. The normalized spacial score (nSPS) is 10.4. The number of hydrogen-bond donors (Lipinski definition) is 0. The lowest BCUT2D eigenvalue weighted by Gasteiger charge is -2.15. The van der Waals surface area contributed by atoms with E-state index >= 15 is 0 Å². The van der Waals surface area contributed by atoms with Gasteiger partial charge in [-0.25, -0.2) is 0 Å². The minimum atomic E-state index is 0.0573. The van der Waals surface area contributed by atoms with Gasteiger partial charge in [-0.3, -0.25) is 9.78 Å². The summed E-state index contributed by atoms with van der Waals surface area (Å²) in [6, 6.07) is 7.68. The van der Waals surface area contributed by atoms with E-state index in [1.807, 2.05) is 38.1 Å². The van der Waals surface area contributed by atoms with Gasteiger partial charge in [0.05, 0.1) is 17.1 Å². The number of rotatable bonds is 3. The highest BCUT2D eigenvalue weighted by Gasteiger charge is 2.15. The fourth-order valence-electron chi connectivity index (χ4n) is 1.67. The van der Waals surface area contributed by atoms with Crippen LogP contribution in [0.4, 0.5) is 0 Å². The monoisotopic (exact) mass is 260 g/mol. The van der Waals surface area contributed by atoms with Gasteiger partial charge in [0.25, 0.3) is 5.91 Å². The zero-order chi connectivity index (χ0) is 13.1. The molecule has 0 aliphatic rings. The summed E-state index contributed by atoms with van der Waals surface area (Å²) in [5.41, 5.74) is 2.08. The zero-order valence-electron chi connectivity index (χ0n) is 10.8. The van der Waals surface area contributed by atoms with Crippen LogP contribution in [-0.4, -0.2) is 22.8 Å². The topological polar surface area (TPSA) is 33.2 Å². The quantitative estimate of drug-likeness (QED) is 0.850. The van der Waals surface area contributed by atoms with Crippen molar-refractivity contribution in [3.8, 4) is 0 Å². The van der Waals surface area contributed by atoms with E-state index in [0.29, 0.717) is 6.54 Å². The lowest BCUT2D eigenvalue weighted by atomic mass is 10.2. The molecule has 2 aromatic rings. The Bertz CT molecular complexity index is 529. The maximum absolute atomic E-state index is 12.2. The molecule has 0 unspecified atom stereocenters. The maximum Gasteiger partial charge on any atom is 0.264 e. The number of carbonyl (C=O) groups is 1. The Morgan fingerprint density at radius 2 is 2.17 bits per heavy atom. The first-order valence-corrected chi connectivity index (χ1v) is 6.62. The van der Waals surface area contributed by atoms with Crippen molar-refractivity contribution in [1.29, 1.82) is 0 Å². The molecule has 0 bridgehead atoms. The van der Waals surface area contributed by atoms with Crippen LogP contribution in [-0.2, 0) is 6.54 Å². The van der Waals surface area contributed by atoms with Gasteiger partial charge in [0.1, 0.15) is 0 Å². The summed E-state index contributed by atoms with van der Waals surface area (Å²) in [7, 11) is 1.81. The third-order valence-electron chi connectivity index (χ3n) is 2.85. The molecule has 0 fully saturated rings. The third kappa shape index (κ3) is 2.76. The van der Waals surface area contributed by atoms with Crippen LogP contribution < -0.4 is 0 Å². The van der Waals surface area contributed by atoms with E-state index in [9.17, 15) is 4.79 Å². The van der Waals surface area contributed by atoms with E-state index in [-0.39, 0.29) is 5.91 Å². The number of amides is 1. The number of hydrogen-bond acceptors (Lipinski definition) is 3. The van der Waals surface area contributed by atoms with Crippen LogP contribution in [0.1, 0.15) is 25.8 Å². The van der Waals surface area contributed by atoms with E-state index in [2.05, 4.69) is 4.98 Å². The summed E-state index contributed by atoms with van der Waals surface area (Å²) >= 11 is 1.55. The van der Waals surface area contributed by atoms with Gasteiger partial charge < -0.3 is 4.90 Å². The summed E-state index contributed by atoms with van der Waals surface area (Å²) in [5, 5.41) is 0. The first-order valence-electron chi connectivity index (χ1n) is 5.80. The number of carbonyl (C=O) groups excluding carboxylic acids is 1. The largest absolute Gasteiger partial charge is 0.335 e. The van der Waals surface area contributed by atoms with Crippen molar-refractivity contribution in [2.75, 3.05) is 7.05 Å². The van der Waals surface area contributed by atoms with E-state index in [0.717, 1.165) is 10.6 Å². The van der Waals surface area contributed by atoms with Crippen molar-refractivity contribution >= 4 is 17.2 Å². The van der Waals surface area contributed by atoms with Crippen LogP contribution in [0.3, 0.4) is 0 Å².